The van der Waals surface area contributed by atoms with Crippen LogP contribution in [0.2, 0.25) is 0 Å². The summed E-state index contributed by atoms with van der Waals surface area (Å²) in [5.41, 5.74) is 17.6. The van der Waals surface area contributed by atoms with Crippen molar-refractivity contribution in [2.24, 2.45) is 17.2 Å². The third-order valence-corrected chi connectivity index (χ3v) is 5.12. The van der Waals surface area contributed by atoms with E-state index in [9.17, 15) is 14.4 Å². The van der Waals surface area contributed by atoms with Gasteiger partial charge in [-0.15, -0.1) is 0 Å². The minimum Gasteiger partial charge on any atom is -0.481 e. The van der Waals surface area contributed by atoms with Crippen LogP contribution in [-0.4, -0.2) is 51.9 Å². The summed E-state index contributed by atoms with van der Waals surface area (Å²) in [5.74, 6) is -2.68. The predicted molar refractivity (Wildman–Crippen MR) is 140 cm³/mol. The number of carboxylic acid groups (broad SMARTS) is 3. The van der Waals surface area contributed by atoms with Crippen molar-refractivity contribution in [1.82, 2.24) is 0 Å². The molecule has 9 nitrogen and oxygen atoms in total. The van der Waals surface area contributed by atoms with Crippen LogP contribution in [0.4, 0.5) is 0 Å². The molecule has 0 saturated heterocycles. The first-order chi connectivity index (χ1) is 17.1. The van der Waals surface area contributed by atoms with E-state index in [1.165, 1.54) is 0 Å². The number of nitrogens with two attached hydrogens (primary N) is 3. The fourth-order valence-corrected chi connectivity index (χ4v) is 3.20. The third kappa shape index (κ3) is 12.1. The normalized spacial score (nSPS) is 11.8. The SMILES string of the molecule is NC(Cc1ccccc1)C(=O)O.NCCCCC(N)C(=O)O.O=C(O)Cc1cccc2ccccc12. The molecule has 0 bridgehead atoms. The van der Waals surface area contributed by atoms with E-state index < -0.39 is 30.0 Å². The van der Waals surface area contributed by atoms with E-state index in [0.29, 0.717) is 19.4 Å². The first kappa shape index (κ1) is 30.2. The highest BCUT2D eigenvalue weighted by atomic mass is 16.4. The number of fused-ring (bicyclic) bond motifs is 1. The van der Waals surface area contributed by atoms with Gasteiger partial charge in [-0.25, -0.2) is 0 Å². The molecule has 36 heavy (non-hydrogen) atoms. The molecule has 2 unspecified atom stereocenters. The van der Waals surface area contributed by atoms with Gasteiger partial charge >= 0.3 is 17.9 Å². The lowest BCUT2D eigenvalue weighted by Crippen LogP contribution is -2.32. The van der Waals surface area contributed by atoms with Gasteiger partial charge in [-0.05, 0) is 47.7 Å². The summed E-state index contributed by atoms with van der Waals surface area (Å²) < 4.78 is 0. The number of unbranched alkanes of at least 4 members (excludes halogenated alkanes) is 1. The third-order valence-electron chi connectivity index (χ3n) is 5.12. The van der Waals surface area contributed by atoms with Gasteiger partial charge in [0.15, 0.2) is 0 Å². The Bertz CT molecular complexity index is 1090. The highest BCUT2D eigenvalue weighted by Crippen LogP contribution is 2.18. The van der Waals surface area contributed by atoms with Crippen molar-refractivity contribution in [1.29, 1.82) is 0 Å². The Balaban J connectivity index is 0.000000275. The van der Waals surface area contributed by atoms with Crippen molar-refractivity contribution in [3.8, 4) is 0 Å². The van der Waals surface area contributed by atoms with Crippen LogP contribution in [0, 0.1) is 0 Å². The van der Waals surface area contributed by atoms with Crippen LogP contribution in [0.1, 0.15) is 30.4 Å². The van der Waals surface area contributed by atoms with Gasteiger partial charge in [-0.3, -0.25) is 14.4 Å². The van der Waals surface area contributed by atoms with Gasteiger partial charge in [0.25, 0.3) is 0 Å². The van der Waals surface area contributed by atoms with Gasteiger partial charge < -0.3 is 32.5 Å². The Labute approximate surface area is 210 Å². The number of carbonyl (C=O) groups is 3. The van der Waals surface area contributed by atoms with Gasteiger partial charge in [0.1, 0.15) is 12.1 Å². The van der Waals surface area contributed by atoms with Crippen molar-refractivity contribution in [3.63, 3.8) is 0 Å². The van der Waals surface area contributed by atoms with E-state index in [0.717, 1.165) is 34.7 Å². The van der Waals surface area contributed by atoms with Gasteiger partial charge in [0, 0.05) is 0 Å². The van der Waals surface area contributed by atoms with Crippen molar-refractivity contribution in [2.75, 3.05) is 6.54 Å². The van der Waals surface area contributed by atoms with Crippen LogP contribution in [0.25, 0.3) is 10.8 Å². The van der Waals surface area contributed by atoms with Crippen molar-refractivity contribution >= 4 is 28.7 Å². The fourth-order valence-electron chi connectivity index (χ4n) is 3.20. The Kier molecular flexibility index (Phi) is 14.1. The average molecular weight is 498 g/mol. The molecule has 9 heteroatoms. The van der Waals surface area contributed by atoms with E-state index in [-0.39, 0.29) is 6.42 Å². The molecule has 0 heterocycles. The highest BCUT2D eigenvalue weighted by molar-refractivity contribution is 5.88. The molecule has 9 N–H and O–H groups in total. The van der Waals surface area contributed by atoms with E-state index in [1.807, 2.05) is 72.8 Å². The lowest BCUT2D eigenvalue weighted by molar-refractivity contribution is -0.139. The zero-order chi connectivity index (χ0) is 26.9. The maximum Gasteiger partial charge on any atom is 0.320 e. The Morgan fingerprint density at radius 1 is 0.722 bits per heavy atom. The summed E-state index contributed by atoms with van der Waals surface area (Å²) >= 11 is 0. The molecule has 2 atom stereocenters. The molecule has 0 radical (unpaired) electrons. The minimum absolute atomic E-state index is 0.0847. The van der Waals surface area contributed by atoms with E-state index >= 15 is 0 Å². The van der Waals surface area contributed by atoms with E-state index in [2.05, 4.69) is 0 Å². The highest BCUT2D eigenvalue weighted by Gasteiger charge is 2.11. The van der Waals surface area contributed by atoms with E-state index in [1.54, 1.807) is 0 Å². The molecule has 3 aromatic rings. The molecule has 3 rings (SSSR count). The zero-order valence-corrected chi connectivity index (χ0v) is 20.1. The van der Waals surface area contributed by atoms with Crippen LogP contribution in [0.3, 0.4) is 0 Å². The van der Waals surface area contributed by atoms with Gasteiger partial charge in [0.05, 0.1) is 6.42 Å². The second-order valence-corrected chi connectivity index (χ2v) is 8.07. The minimum atomic E-state index is -0.959. The Hall–Kier alpha value is -3.79. The molecule has 0 aliphatic rings. The van der Waals surface area contributed by atoms with Gasteiger partial charge in [0.2, 0.25) is 0 Å². The number of benzene rings is 3. The second kappa shape index (κ2) is 16.8. The molecule has 0 aliphatic heterocycles. The maximum absolute atomic E-state index is 10.6. The molecular weight excluding hydrogens is 462 g/mol. The number of carboxylic acids is 3. The smallest absolute Gasteiger partial charge is 0.320 e. The second-order valence-electron chi connectivity index (χ2n) is 8.07. The number of hydrogen-bond acceptors (Lipinski definition) is 6. The monoisotopic (exact) mass is 497 g/mol. The van der Waals surface area contributed by atoms with Crippen molar-refractivity contribution < 1.29 is 29.7 Å². The average Bonchev–Trinajstić information content (AvgIpc) is 2.85. The largest absolute Gasteiger partial charge is 0.481 e. The molecule has 3 aromatic carbocycles. The number of aliphatic carboxylic acids is 3. The molecule has 0 amide bonds. The summed E-state index contributed by atoms with van der Waals surface area (Å²) in [6, 6.07) is 21.4. The quantitative estimate of drug-likeness (QED) is 0.229. The van der Waals surface area contributed by atoms with Crippen LogP contribution < -0.4 is 17.2 Å². The molecule has 0 saturated carbocycles. The summed E-state index contributed by atoms with van der Waals surface area (Å²) in [5, 5.41) is 27.7. The van der Waals surface area contributed by atoms with Crippen LogP contribution in [-0.2, 0) is 27.2 Å². The summed E-state index contributed by atoms with van der Waals surface area (Å²) in [7, 11) is 0. The number of hydrogen-bond donors (Lipinski definition) is 6. The predicted octanol–water partition coefficient (Wildman–Crippen LogP) is 2.64. The topological polar surface area (TPSA) is 190 Å². The lowest BCUT2D eigenvalue weighted by Gasteiger charge is -2.04. The number of rotatable bonds is 10. The Morgan fingerprint density at radius 2 is 1.31 bits per heavy atom. The fraction of sp³-hybridized carbons (Fsp3) is 0.296. The van der Waals surface area contributed by atoms with E-state index in [4.69, 9.17) is 32.5 Å². The molecule has 0 fully saturated rings. The lowest BCUT2D eigenvalue weighted by atomic mass is 10.0. The van der Waals surface area contributed by atoms with Crippen molar-refractivity contribution in [2.45, 2.75) is 44.2 Å². The zero-order valence-electron chi connectivity index (χ0n) is 20.1. The maximum atomic E-state index is 10.6. The van der Waals surface area contributed by atoms with Gasteiger partial charge in [-0.2, -0.15) is 0 Å². The first-order valence-electron chi connectivity index (χ1n) is 11.5. The molecule has 194 valence electrons. The van der Waals surface area contributed by atoms with Crippen LogP contribution in [0.15, 0.2) is 72.8 Å². The summed E-state index contributed by atoms with van der Waals surface area (Å²) in [4.78, 5) is 31.1. The molecule has 0 aliphatic carbocycles. The van der Waals surface area contributed by atoms with Crippen LogP contribution in [0.5, 0.6) is 0 Å². The molecule has 0 aromatic heterocycles. The standard InChI is InChI=1S/C12H10O2.C9H11NO2.C6H14N2O2/c13-12(14)8-10-6-3-5-9-4-1-2-7-11(9)10;10-8(9(11)12)6-7-4-2-1-3-5-7;7-4-2-1-3-5(8)6(9)10/h1-7H,8H2,(H,13,14);1-5,8H,6,10H2,(H,11,12);5H,1-4,7-8H2,(H,9,10). The summed E-state index contributed by atoms with van der Waals surface area (Å²) in [6.07, 6.45) is 2.63. The summed E-state index contributed by atoms with van der Waals surface area (Å²) in [6.45, 7) is 0.604. The molecular formula is C27H35N3O6. The van der Waals surface area contributed by atoms with Crippen LogP contribution >= 0.6 is 0 Å². The van der Waals surface area contributed by atoms with Crippen molar-refractivity contribution in [3.05, 3.63) is 83.9 Å². The first-order valence-corrected chi connectivity index (χ1v) is 11.5. The molecule has 0 spiro atoms. The van der Waals surface area contributed by atoms with Gasteiger partial charge in [-0.1, -0.05) is 79.2 Å². The Morgan fingerprint density at radius 3 is 1.89 bits per heavy atom.